The minimum Gasteiger partial charge on any atom is -0.464 e. The Labute approximate surface area is 196 Å². The summed E-state index contributed by atoms with van der Waals surface area (Å²) in [5.74, 6) is 0.935. The normalized spacial score (nSPS) is 17.6. The van der Waals surface area contributed by atoms with E-state index in [4.69, 9.17) is 9.15 Å². The molecule has 1 amide bonds. The average Bonchev–Trinajstić information content (AvgIpc) is 3.43. The van der Waals surface area contributed by atoms with Crippen molar-refractivity contribution in [2.45, 2.75) is 51.2 Å². The van der Waals surface area contributed by atoms with Crippen molar-refractivity contribution in [3.8, 4) is 10.9 Å². The lowest BCUT2D eigenvalue weighted by molar-refractivity contribution is -0.132. The topological polar surface area (TPSA) is 71.7 Å². The monoisotopic (exact) mass is 462 g/mol. The number of benzene rings is 1. The van der Waals surface area contributed by atoms with Crippen LogP contribution >= 0.6 is 11.3 Å². The maximum absolute atomic E-state index is 12.1. The zero-order chi connectivity index (χ0) is 22.4. The van der Waals surface area contributed by atoms with E-state index in [9.17, 15) is 4.79 Å². The third kappa shape index (κ3) is 4.20. The Morgan fingerprint density at radius 2 is 2.03 bits per heavy atom. The van der Waals surface area contributed by atoms with Crippen LogP contribution in [0.4, 0.5) is 0 Å². The van der Waals surface area contributed by atoms with E-state index < -0.39 is 0 Å². The van der Waals surface area contributed by atoms with Crippen LogP contribution < -0.4 is 4.74 Å². The Bertz CT molecular complexity index is 1270. The van der Waals surface area contributed by atoms with Crippen LogP contribution in [0.2, 0.25) is 0 Å². The first-order valence-electron chi connectivity index (χ1n) is 11.5. The van der Waals surface area contributed by atoms with Gasteiger partial charge >= 0.3 is 0 Å². The van der Waals surface area contributed by atoms with E-state index in [1.165, 1.54) is 29.7 Å². The summed E-state index contributed by atoms with van der Waals surface area (Å²) in [4.78, 5) is 25.4. The number of hydrogen-bond donors (Lipinski definition) is 0. The molecule has 0 unspecified atom stereocenters. The molecule has 8 heteroatoms. The molecule has 170 valence electrons. The zero-order valence-corrected chi connectivity index (χ0v) is 19.4. The number of carbonyl (C=O) groups is 1. The Morgan fingerprint density at radius 1 is 1.21 bits per heavy atom. The summed E-state index contributed by atoms with van der Waals surface area (Å²) in [5, 5.41) is 1.68. The lowest BCUT2D eigenvalue weighted by Crippen LogP contribution is -2.47. The van der Waals surface area contributed by atoms with Crippen molar-refractivity contribution in [3.05, 3.63) is 48.4 Å². The fraction of sp³-hybridized carbons (Fsp3) is 0.400. The molecule has 1 aliphatic carbocycles. The SMILES string of the molecule is CC(=O)N(C1CC1)C1CCN(Cc2coc3cc(Oc4nc5ncccc5s4)ccc23)CC1. The van der Waals surface area contributed by atoms with E-state index in [0.717, 1.165) is 48.1 Å². The Kier molecular flexibility index (Phi) is 5.27. The van der Waals surface area contributed by atoms with Crippen LogP contribution in [-0.4, -0.2) is 50.8 Å². The van der Waals surface area contributed by atoms with Gasteiger partial charge in [0.05, 0.1) is 11.0 Å². The van der Waals surface area contributed by atoms with Crippen molar-refractivity contribution < 1.29 is 13.9 Å². The van der Waals surface area contributed by atoms with Gasteiger partial charge in [-0.1, -0.05) is 11.3 Å². The van der Waals surface area contributed by atoms with E-state index in [-0.39, 0.29) is 5.91 Å². The van der Waals surface area contributed by atoms with E-state index >= 15 is 0 Å². The molecular formula is C25H26N4O3S. The fourth-order valence-electron chi connectivity index (χ4n) is 4.90. The highest BCUT2D eigenvalue weighted by molar-refractivity contribution is 7.20. The minimum absolute atomic E-state index is 0.233. The van der Waals surface area contributed by atoms with Gasteiger partial charge in [-0.2, -0.15) is 4.98 Å². The maximum Gasteiger partial charge on any atom is 0.281 e. The number of hydrogen-bond acceptors (Lipinski definition) is 7. The van der Waals surface area contributed by atoms with Crippen molar-refractivity contribution >= 4 is 38.6 Å². The van der Waals surface area contributed by atoms with E-state index in [1.807, 2.05) is 30.5 Å². The van der Waals surface area contributed by atoms with Crippen LogP contribution in [0.3, 0.4) is 0 Å². The molecule has 0 N–H and O–H groups in total. The quantitative estimate of drug-likeness (QED) is 0.392. The van der Waals surface area contributed by atoms with Gasteiger partial charge in [0.15, 0.2) is 5.65 Å². The molecule has 1 aliphatic heterocycles. The summed E-state index contributed by atoms with van der Waals surface area (Å²) in [6.07, 6.45) is 8.01. The molecule has 1 saturated heterocycles. The van der Waals surface area contributed by atoms with Crippen molar-refractivity contribution in [1.29, 1.82) is 0 Å². The highest BCUT2D eigenvalue weighted by Crippen LogP contribution is 2.34. The molecule has 2 aliphatic rings. The summed E-state index contributed by atoms with van der Waals surface area (Å²) in [6, 6.07) is 10.7. The van der Waals surface area contributed by atoms with Crippen molar-refractivity contribution in [1.82, 2.24) is 19.8 Å². The highest BCUT2D eigenvalue weighted by Gasteiger charge is 2.37. The molecule has 0 radical (unpaired) electrons. The summed E-state index contributed by atoms with van der Waals surface area (Å²) < 4.78 is 12.8. The number of rotatable bonds is 6. The molecule has 7 nitrogen and oxygen atoms in total. The first-order valence-corrected chi connectivity index (χ1v) is 12.4. The number of thiazole rings is 1. The predicted molar refractivity (Wildman–Crippen MR) is 128 cm³/mol. The molecule has 1 aromatic carbocycles. The van der Waals surface area contributed by atoms with Crippen LogP contribution in [0.5, 0.6) is 10.9 Å². The minimum atomic E-state index is 0.233. The standard InChI is InChI=1S/C25H26N4O3S/c1-16(30)29(18-4-5-18)19-8-11-28(12-9-19)14-17-15-31-22-13-20(6-7-21(17)22)32-25-27-24-23(33-25)3-2-10-26-24/h2-3,6-7,10,13,15,18-19H,4-5,8-9,11-12,14H2,1H3. The van der Waals surface area contributed by atoms with Crippen LogP contribution in [0.25, 0.3) is 21.3 Å². The van der Waals surface area contributed by atoms with E-state index in [0.29, 0.717) is 28.7 Å². The largest absolute Gasteiger partial charge is 0.464 e. The van der Waals surface area contributed by atoms with Crippen LogP contribution in [-0.2, 0) is 11.3 Å². The van der Waals surface area contributed by atoms with Crippen LogP contribution in [0, 0.1) is 0 Å². The summed E-state index contributed by atoms with van der Waals surface area (Å²) in [6.45, 7) is 4.57. The van der Waals surface area contributed by atoms with Gasteiger partial charge in [0.1, 0.15) is 11.3 Å². The van der Waals surface area contributed by atoms with Gasteiger partial charge in [-0.05, 0) is 49.9 Å². The van der Waals surface area contributed by atoms with Crippen LogP contribution in [0.1, 0.15) is 38.2 Å². The molecule has 3 aromatic heterocycles. The third-order valence-corrected chi connectivity index (χ3v) is 7.51. The average molecular weight is 463 g/mol. The number of nitrogens with zero attached hydrogens (tertiary/aromatic N) is 4. The summed E-state index contributed by atoms with van der Waals surface area (Å²) in [7, 11) is 0. The number of furan rings is 1. The second-order valence-corrected chi connectivity index (χ2v) is 9.98. The van der Waals surface area contributed by atoms with E-state index in [1.54, 1.807) is 13.1 Å². The predicted octanol–water partition coefficient (Wildman–Crippen LogP) is 5.21. The summed E-state index contributed by atoms with van der Waals surface area (Å²) >= 11 is 1.48. The maximum atomic E-state index is 12.1. The first kappa shape index (κ1) is 20.6. The van der Waals surface area contributed by atoms with Gasteiger partial charge in [0.2, 0.25) is 5.91 Å². The van der Waals surface area contributed by atoms with Gasteiger partial charge in [0, 0.05) is 61.9 Å². The lowest BCUT2D eigenvalue weighted by Gasteiger charge is -2.38. The number of fused-ring (bicyclic) bond motifs is 2. The molecule has 4 aromatic rings. The molecule has 33 heavy (non-hydrogen) atoms. The number of amides is 1. The Morgan fingerprint density at radius 3 is 2.79 bits per heavy atom. The fourth-order valence-corrected chi connectivity index (χ4v) is 5.70. The second-order valence-electron chi connectivity index (χ2n) is 8.99. The number of likely N-dealkylation sites (tertiary alicyclic amines) is 1. The van der Waals surface area contributed by atoms with E-state index in [2.05, 4.69) is 25.8 Å². The van der Waals surface area contributed by atoms with Gasteiger partial charge < -0.3 is 14.1 Å². The molecule has 0 spiro atoms. The summed E-state index contributed by atoms with van der Waals surface area (Å²) in [5.41, 5.74) is 2.70. The van der Waals surface area contributed by atoms with Crippen molar-refractivity contribution in [3.63, 3.8) is 0 Å². The Balaban J connectivity index is 1.11. The molecule has 0 bridgehead atoms. The van der Waals surface area contributed by atoms with Crippen LogP contribution in [0.15, 0.2) is 47.2 Å². The number of ether oxygens (including phenoxy) is 1. The zero-order valence-electron chi connectivity index (χ0n) is 18.6. The number of carbonyl (C=O) groups excluding carboxylic acids is 1. The molecule has 1 saturated carbocycles. The number of piperidine rings is 1. The molecular weight excluding hydrogens is 436 g/mol. The smallest absolute Gasteiger partial charge is 0.281 e. The van der Waals surface area contributed by atoms with Crippen molar-refractivity contribution in [2.24, 2.45) is 0 Å². The van der Waals surface area contributed by atoms with Crippen molar-refractivity contribution in [2.75, 3.05) is 13.1 Å². The molecule has 4 heterocycles. The lowest BCUT2D eigenvalue weighted by atomic mass is 10.0. The Hall–Kier alpha value is -2.97. The van der Waals surface area contributed by atoms with Gasteiger partial charge in [0.25, 0.3) is 5.19 Å². The highest BCUT2D eigenvalue weighted by atomic mass is 32.1. The third-order valence-electron chi connectivity index (χ3n) is 6.63. The second kappa shape index (κ2) is 8.43. The van der Waals surface area contributed by atoms with Gasteiger partial charge in [-0.15, -0.1) is 0 Å². The number of pyridine rings is 1. The molecule has 0 atom stereocenters. The van der Waals surface area contributed by atoms with Gasteiger partial charge in [-0.25, -0.2) is 4.98 Å². The molecule has 6 rings (SSSR count). The number of aromatic nitrogens is 2. The van der Waals surface area contributed by atoms with Gasteiger partial charge in [-0.3, -0.25) is 9.69 Å². The molecule has 2 fully saturated rings. The first-order chi connectivity index (χ1) is 16.1.